The molecule has 20 aromatic carbocycles. The third-order valence-corrected chi connectivity index (χ3v) is 38.7. The van der Waals surface area contributed by atoms with Gasteiger partial charge in [0.25, 0.3) is 0 Å². The molecule has 0 unspecified atom stereocenters. The predicted octanol–water partition coefficient (Wildman–Crippen LogP) is 30.8. The summed E-state index contributed by atoms with van der Waals surface area (Å²) in [5.74, 6) is 0. The van der Waals surface area contributed by atoms with Crippen LogP contribution in [0.3, 0.4) is 0 Å². The number of hydrogen-bond acceptors (Lipinski definition) is 0. The van der Waals surface area contributed by atoms with E-state index in [1.165, 1.54) is 103 Å². The molecule has 20 aromatic rings. The third kappa shape index (κ3) is 18.4. The van der Waals surface area contributed by atoms with Crippen LogP contribution >= 0.6 is 0 Å². The Labute approximate surface area is 762 Å². The van der Waals surface area contributed by atoms with E-state index < -0.39 is 18.4 Å². The van der Waals surface area contributed by atoms with Crippen LogP contribution in [-0.4, -0.2) is 18.4 Å². The van der Waals surface area contributed by atoms with Gasteiger partial charge in [0, 0.05) is 0 Å². The summed E-state index contributed by atoms with van der Waals surface area (Å²) in [5.41, 5.74) is 37.0. The van der Waals surface area contributed by atoms with E-state index in [-0.39, 0.29) is 0 Å². The van der Waals surface area contributed by atoms with Crippen molar-refractivity contribution in [1.29, 1.82) is 0 Å². The predicted molar refractivity (Wildman–Crippen MR) is 553 cm³/mol. The fourth-order valence-corrected chi connectivity index (χ4v) is 31.4. The van der Waals surface area contributed by atoms with E-state index >= 15 is 0 Å². The Hall–Kier alpha value is -15.8. The summed E-state index contributed by atoms with van der Waals surface area (Å²) >= 11 is -4.88. The Balaban J connectivity index is 0.795. The van der Waals surface area contributed by atoms with Crippen LogP contribution < -0.4 is 14.3 Å². The van der Waals surface area contributed by atoms with E-state index in [1.807, 2.05) is 0 Å². The van der Waals surface area contributed by atoms with Gasteiger partial charge in [-0.25, -0.2) is 0 Å². The molecule has 0 nitrogen and oxygen atoms in total. The van der Waals surface area contributed by atoms with Crippen LogP contribution in [0.1, 0.15) is 66.8 Å². The molecule has 0 radical (unpaired) electrons. The van der Waals surface area contributed by atoms with E-state index in [0.717, 1.165) is 89.1 Å². The summed E-state index contributed by atoms with van der Waals surface area (Å²) in [5, 5.41) is 0. The van der Waals surface area contributed by atoms with Crippen molar-refractivity contribution in [3.8, 4) is 89.0 Å². The van der Waals surface area contributed by atoms with Gasteiger partial charge < -0.3 is 0 Å². The Morgan fingerprint density at radius 1 is 0.109 bits per heavy atom. The van der Waals surface area contributed by atoms with Gasteiger partial charge in [-0.3, -0.25) is 0 Å². The zero-order valence-corrected chi connectivity index (χ0v) is 74.5. The van der Waals surface area contributed by atoms with Gasteiger partial charge in [-0.2, -0.15) is 0 Å². The second-order valence-electron chi connectivity index (χ2n) is 33.0. The molecule has 0 heterocycles. The molecule has 0 amide bonds. The van der Waals surface area contributed by atoms with Gasteiger partial charge >= 0.3 is 672 Å². The minimum atomic E-state index is -4.88. The number of rotatable bonds is 24. The van der Waals surface area contributed by atoms with Gasteiger partial charge in [-0.1, -0.05) is 97.1 Å². The van der Waals surface area contributed by atoms with Crippen molar-refractivity contribution in [1.82, 2.24) is 0 Å². The van der Waals surface area contributed by atoms with Crippen molar-refractivity contribution in [2.24, 2.45) is 0 Å². The Morgan fingerprint density at radius 3 is 0.349 bits per heavy atom. The molecular formula is C128H92Sn. The minimum absolute atomic E-state index is 1.12. The molecule has 0 aliphatic rings. The van der Waals surface area contributed by atoms with Crippen LogP contribution in [0.2, 0.25) is 0 Å². The summed E-state index contributed by atoms with van der Waals surface area (Å²) in [6.45, 7) is 0. The summed E-state index contributed by atoms with van der Waals surface area (Å²) in [6, 6.07) is 198. The van der Waals surface area contributed by atoms with Gasteiger partial charge in [-0.15, -0.1) is 0 Å². The first-order chi connectivity index (χ1) is 63.9. The fraction of sp³-hybridized carbons (Fsp3) is 0. The van der Waals surface area contributed by atoms with Crippen molar-refractivity contribution in [3.05, 3.63) is 601 Å². The molecule has 0 fully saturated rings. The Morgan fingerprint density at radius 2 is 0.217 bits per heavy atom. The van der Waals surface area contributed by atoms with Crippen molar-refractivity contribution >= 4 is 79.3 Å². The maximum atomic E-state index is 2.50. The molecule has 0 saturated heterocycles. The maximum absolute atomic E-state index is 4.88. The molecule has 20 rings (SSSR count). The van der Waals surface area contributed by atoms with Crippen LogP contribution in [-0.2, 0) is 0 Å². The van der Waals surface area contributed by atoms with Gasteiger partial charge in [0.2, 0.25) is 0 Å². The molecule has 0 N–H and O–H groups in total. The standard InChI is InChI=1S/4C32H23.Sn/c4*1-4-10-26(11-5-1)28-18-16-25(17-19-28)24-32(30-14-8-3-9-15-30)31-22-20-29(21-23-31)27-12-6-2-7-13-27;/h4*1-2,4-24H;. The molecule has 608 valence electrons. The van der Waals surface area contributed by atoms with Crippen molar-refractivity contribution < 1.29 is 0 Å². The van der Waals surface area contributed by atoms with E-state index in [0.29, 0.717) is 0 Å². The van der Waals surface area contributed by atoms with Gasteiger partial charge in [0.15, 0.2) is 0 Å². The van der Waals surface area contributed by atoms with Crippen LogP contribution in [0.25, 0.3) is 136 Å². The number of hydrogen-bond donors (Lipinski definition) is 0. The van der Waals surface area contributed by atoms with Gasteiger partial charge in [0.1, 0.15) is 0 Å². The molecule has 0 aliphatic heterocycles. The molecular weight excluding hydrogens is 1660 g/mol. The topological polar surface area (TPSA) is 0 Å². The second kappa shape index (κ2) is 38.3. The summed E-state index contributed by atoms with van der Waals surface area (Å²) in [7, 11) is 0. The van der Waals surface area contributed by atoms with Crippen LogP contribution in [0.15, 0.2) is 534 Å². The van der Waals surface area contributed by atoms with E-state index in [4.69, 9.17) is 0 Å². The Bertz CT molecular complexity index is 6370. The average Bonchev–Trinajstić information content (AvgIpc) is 0.724. The molecule has 0 atom stereocenters. The summed E-state index contributed by atoms with van der Waals surface area (Å²) in [4.78, 5) is 0. The van der Waals surface area contributed by atoms with Crippen molar-refractivity contribution in [2.45, 2.75) is 0 Å². The van der Waals surface area contributed by atoms with Crippen LogP contribution in [0, 0.1) is 0 Å². The first-order valence-electron chi connectivity index (χ1n) is 44.5. The van der Waals surface area contributed by atoms with Crippen LogP contribution in [0.4, 0.5) is 0 Å². The SMILES string of the molecule is C(=C(c1ccc(-c2ccccc2)cc1)c1cc[c]([Sn]([c]2ccc(C(=Cc3ccc(-c4ccccc4)cc3)c3ccc(-c4ccccc4)cc3)cc2)([c]2ccc(C(=Cc3ccc(-c4ccccc4)cc3)c3ccc(-c4ccccc4)cc3)cc2)[c]2ccc(C(=Cc3ccc(-c4ccccc4)cc3)c3ccc(-c4ccccc4)cc3)cc2)cc1)c1ccc(-c2ccccc2)cc1. The van der Waals surface area contributed by atoms with E-state index in [1.54, 1.807) is 0 Å². The normalized spacial score (nSPS) is 12.3. The van der Waals surface area contributed by atoms with Gasteiger partial charge in [-0.05, 0) is 0 Å². The first-order valence-corrected chi connectivity index (χ1v) is 50.2. The Kier molecular flexibility index (Phi) is 24.2. The molecule has 129 heavy (non-hydrogen) atoms. The van der Waals surface area contributed by atoms with Gasteiger partial charge in [0.05, 0.1) is 0 Å². The first kappa shape index (κ1) is 81.5. The number of benzene rings is 20. The quantitative estimate of drug-likeness (QED) is 0.0418. The van der Waals surface area contributed by atoms with Crippen molar-refractivity contribution in [2.75, 3.05) is 0 Å². The fourth-order valence-electron chi connectivity index (χ4n) is 18.1. The van der Waals surface area contributed by atoms with E-state index in [2.05, 4.69) is 558 Å². The van der Waals surface area contributed by atoms with Crippen molar-refractivity contribution in [3.63, 3.8) is 0 Å². The third-order valence-electron chi connectivity index (χ3n) is 25.0. The molecule has 0 bridgehead atoms. The summed E-state index contributed by atoms with van der Waals surface area (Å²) < 4.78 is 5.26. The zero-order valence-electron chi connectivity index (χ0n) is 71.6. The monoisotopic (exact) mass is 1750 g/mol. The molecule has 0 aromatic heterocycles. The second-order valence-corrected chi connectivity index (χ2v) is 43.9. The summed E-state index contributed by atoms with van der Waals surface area (Å²) in [6.07, 6.45) is 9.51. The zero-order chi connectivity index (χ0) is 86.3. The van der Waals surface area contributed by atoms with E-state index in [9.17, 15) is 0 Å². The molecule has 1 heteroatoms. The molecule has 0 aliphatic carbocycles. The van der Waals surface area contributed by atoms with Crippen LogP contribution in [0.5, 0.6) is 0 Å². The molecule has 0 spiro atoms. The average molecular weight is 1750 g/mol. The molecule has 0 saturated carbocycles.